The second-order valence-electron chi connectivity index (χ2n) is 10.0. The maximum atomic E-state index is 12.7. The molecule has 0 aliphatic heterocycles. The Morgan fingerprint density at radius 1 is 0.871 bits per heavy atom. The lowest BCUT2D eigenvalue weighted by atomic mass is 9.70. The van der Waals surface area contributed by atoms with Crippen molar-refractivity contribution in [1.82, 2.24) is 0 Å². The van der Waals surface area contributed by atoms with Crippen molar-refractivity contribution in [3.63, 3.8) is 0 Å². The van der Waals surface area contributed by atoms with E-state index in [9.17, 15) is 4.79 Å². The van der Waals surface area contributed by atoms with E-state index in [2.05, 4.69) is 26.0 Å². The van der Waals surface area contributed by atoms with E-state index in [1.807, 2.05) is 11.3 Å². The molecule has 172 valence electrons. The number of unbranched alkanes of at least 4 members (excludes halogenated alkanes) is 2. The summed E-state index contributed by atoms with van der Waals surface area (Å²) in [5.41, 5.74) is 0. The van der Waals surface area contributed by atoms with E-state index in [0.29, 0.717) is 0 Å². The normalized spacial score (nSPS) is 26.9. The van der Waals surface area contributed by atoms with Gasteiger partial charge in [-0.2, -0.15) is 0 Å². The fourth-order valence-electron chi connectivity index (χ4n) is 5.87. The molecule has 0 atom stereocenters. The number of rotatable bonds is 9. The largest absolute Gasteiger partial charge is 0.458 e. The van der Waals surface area contributed by atoms with Crippen LogP contribution in [-0.2, 0) is 11.2 Å². The summed E-state index contributed by atoms with van der Waals surface area (Å²) < 4.78 is 8.43. The first kappa shape index (κ1) is 23.3. The first-order chi connectivity index (χ1) is 15.2. The number of thiophene rings is 2. The maximum Gasteiger partial charge on any atom is 0.348 e. The standard InChI is InChI=1S/C27H40O2S2/c1-3-5-6-8-19-9-11-20(12-10-19)21-13-15-22(16-14-21)29-27(28)26-18-25-24(31-26)17-23(30-25)7-4-2/h17-22H,3-16H2,1-2H3. The Kier molecular flexibility index (Phi) is 8.50. The fraction of sp³-hybridized carbons (Fsp3) is 0.741. The molecule has 0 amide bonds. The van der Waals surface area contributed by atoms with Crippen LogP contribution in [-0.4, -0.2) is 12.1 Å². The summed E-state index contributed by atoms with van der Waals surface area (Å²) in [6.07, 6.45) is 18.5. The van der Waals surface area contributed by atoms with Gasteiger partial charge in [0.2, 0.25) is 0 Å². The van der Waals surface area contributed by atoms with E-state index in [1.165, 1.54) is 84.9 Å². The summed E-state index contributed by atoms with van der Waals surface area (Å²) in [6.45, 7) is 4.52. The summed E-state index contributed by atoms with van der Waals surface area (Å²) in [7, 11) is 0. The molecule has 2 aliphatic rings. The first-order valence-electron chi connectivity index (χ1n) is 12.9. The predicted molar refractivity (Wildman–Crippen MR) is 134 cm³/mol. The fourth-order valence-corrected chi connectivity index (χ4v) is 8.28. The highest BCUT2D eigenvalue weighted by Crippen LogP contribution is 2.42. The highest BCUT2D eigenvalue weighted by Gasteiger charge is 2.32. The van der Waals surface area contributed by atoms with Crippen LogP contribution in [0.3, 0.4) is 0 Å². The molecule has 0 unspecified atom stereocenters. The third kappa shape index (κ3) is 6.13. The van der Waals surface area contributed by atoms with Crippen molar-refractivity contribution in [3.05, 3.63) is 21.9 Å². The van der Waals surface area contributed by atoms with Crippen molar-refractivity contribution in [2.75, 3.05) is 0 Å². The van der Waals surface area contributed by atoms with Crippen LogP contribution >= 0.6 is 22.7 Å². The maximum absolute atomic E-state index is 12.7. The highest BCUT2D eigenvalue weighted by atomic mass is 32.1. The molecule has 0 aromatic carbocycles. The van der Waals surface area contributed by atoms with Crippen molar-refractivity contribution >= 4 is 38.0 Å². The van der Waals surface area contributed by atoms with Crippen LogP contribution in [0.5, 0.6) is 0 Å². The minimum Gasteiger partial charge on any atom is -0.458 e. The molecule has 0 spiro atoms. The Bertz CT molecular complexity index is 788. The van der Waals surface area contributed by atoms with Crippen molar-refractivity contribution in [2.45, 2.75) is 110 Å². The molecular formula is C27H40O2S2. The number of esters is 1. The molecule has 2 aliphatic carbocycles. The summed E-state index contributed by atoms with van der Waals surface area (Å²) in [4.78, 5) is 14.9. The smallest absolute Gasteiger partial charge is 0.348 e. The van der Waals surface area contributed by atoms with Crippen molar-refractivity contribution in [1.29, 1.82) is 0 Å². The van der Waals surface area contributed by atoms with Gasteiger partial charge >= 0.3 is 5.97 Å². The number of fused-ring (bicyclic) bond motifs is 1. The lowest BCUT2D eigenvalue weighted by Crippen LogP contribution is -2.29. The zero-order valence-corrected chi connectivity index (χ0v) is 21.1. The summed E-state index contributed by atoms with van der Waals surface area (Å²) in [5, 5.41) is 0. The van der Waals surface area contributed by atoms with Crippen LogP contribution in [0.15, 0.2) is 12.1 Å². The molecule has 2 heterocycles. The van der Waals surface area contributed by atoms with Gasteiger partial charge in [0.25, 0.3) is 0 Å². The Morgan fingerprint density at radius 3 is 2.19 bits per heavy atom. The minimum absolute atomic E-state index is 0.0959. The van der Waals surface area contributed by atoms with Crippen LogP contribution < -0.4 is 0 Å². The minimum atomic E-state index is -0.0959. The van der Waals surface area contributed by atoms with E-state index in [4.69, 9.17) is 4.74 Å². The number of aryl methyl sites for hydroxylation is 1. The van der Waals surface area contributed by atoms with Gasteiger partial charge in [0.05, 0.1) is 0 Å². The van der Waals surface area contributed by atoms with Gasteiger partial charge in [0.15, 0.2) is 0 Å². The molecule has 2 nitrogen and oxygen atoms in total. The lowest BCUT2D eigenvalue weighted by Gasteiger charge is -2.37. The van der Waals surface area contributed by atoms with E-state index < -0.39 is 0 Å². The zero-order chi connectivity index (χ0) is 21.6. The van der Waals surface area contributed by atoms with Crippen LogP contribution in [0, 0.1) is 17.8 Å². The summed E-state index contributed by atoms with van der Waals surface area (Å²) in [6, 6.07) is 4.31. The van der Waals surface area contributed by atoms with Gasteiger partial charge in [-0.25, -0.2) is 4.79 Å². The van der Waals surface area contributed by atoms with Gasteiger partial charge in [0.1, 0.15) is 11.0 Å². The topological polar surface area (TPSA) is 26.3 Å². The van der Waals surface area contributed by atoms with Gasteiger partial charge in [-0.05, 0) is 74.8 Å². The lowest BCUT2D eigenvalue weighted by molar-refractivity contribution is 0.0114. The average molecular weight is 461 g/mol. The number of ether oxygens (including phenoxy) is 1. The molecule has 0 saturated heterocycles. The first-order valence-corrected chi connectivity index (χ1v) is 14.5. The average Bonchev–Trinajstić information content (AvgIpc) is 3.34. The summed E-state index contributed by atoms with van der Waals surface area (Å²) >= 11 is 3.44. The molecule has 2 saturated carbocycles. The van der Waals surface area contributed by atoms with Crippen LogP contribution in [0.4, 0.5) is 0 Å². The molecule has 0 N–H and O–H groups in total. The van der Waals surface area contributed by atoms with Gasteiger partial charge in [-0.1, -0.05) is 58.8 Å². The SMILES string of the molecule is CCCCCC1CCC(C2CCC(OC(=O)c3cc4sc(CCC)cc4s3)CC2)CC1. The van der Waals surface area contributed by atoms with Gasteiger partial charge in [0, 0.05) is 14.3 Å². The van der Waals surface area contributed by atoms with Gasteiger partial charge in [-0.3, -0.25) is 0 Å². The number of hydrogen-bond acceptors (Lipinski definition) is 4. The molecule has 0 bridgehead atoms. The van der Waals surface area contributed by atoms with E-state index in [0.717, 1.165) is 41.9 Å². The molecule has 2 fully saturated rings. The highest BCUT2D eigenvalue weighted by molar-refractivity contribution is 7.28. The monoisotopic (exact) mass is 460 g/mol. The zero-order valence-electron chi connectivity index (χ0n) is 19.5. The molecule has 2 aromatic rings. The van der Waals surface area contributed by atoms with Crippen LogP contribution in [0.25, 0.3) is 9.40 Å². The molecule has 4 heteroatoms. The van der Waals surface area contributed by atoms with Gasteiger partial charge in [-0.15, -0.1) is 22.7 Å². The Labute approximate surface area is 196 Å². The third-order valence-electron chi connectivity index (χ3n) is 7.72. The predicted octanol–water partition coefficient (Wildman–Crippen LogP) is 9.02. The second-order valence-corrected chi connectivity index (χ2v) is 12.3. The quantitative estimate of drug-likeness (QED) is 0.275. The Morgan fingerprint density at radius 2 is 1.55 bits per heavy atom. The van der Waals surface area contributed by atoms with E-state index >= 15 is 0 Å². The van der Waals surface area contributed by atoms with Crippen molar-refractivity contribution in [2.24, 2.45) is 17.8 Å². The summed E-state index contributed by atoms with van der Waals surface area (Å²) in [5.74, 6) is 2.70. The Balaban J connectivity index is 1.20. The molecule has 31 heavy (non-hydrogen) atoms. The Hall–Kier alpha value is -0.870. The number of hydrogen-bond donors (Lipinski definition) is 0. The molecule has 2 aromatic heterocycles. The van der Waals surface area contributed by atoms with Crippen LogP contribution in [0.2, 0.25) is 0 Å². The van der Waals surface area contributed by atoms with E-state index in [1.54, 1.807) is 11.3 Å². The molecular weight excluding hydrogens is 420 g/mol. The number of carbonyl (C=O) groups is 1. The number of carbonyl (C=O) groups excluding carboxylic acids is 1. The second kappa shape index (κ2) is 11.3. The molecule has 4 rings (SSSR count). The van der Waals surface area contributed by atoms with Crippen molar-refractivity contribution < 1.29 is 9.53 Å². The van der Waals surface area contributed by atoms with Gasteiger partial charge < -0.3 is 4.74 Å². The van der Waals surface area contributed by atoms with Crippen molar-refractivity contribution in [3.8, 4) is 0 Å². The molecule has 0 radical (unpaired) electrons. The van der Waals surface area contributed by atoms with Crippen LogP contribution in [0.1, 0.15) is 112 Å². The van der Waals surface area contributed by atoms with E-state index in [-0.39, 0.29) is 12.1 Å². The third-order valence-corrected chi connectivity index (χ3v) is 10.1.